The topological polar surface area (TPSA) is 59.4 Å². The molecule has 0 fully saturated rings. The molecule has 2 rings (SSSR count). The maximum atomic E-state index is 11.1. The molecule has 5 heteroatoms. The smallest absolute Gasteiger partial charge is 0.341 e. The van der Waals surface area contributed by atoms with Crippen LogP contribution in [0.4, 0.5) is 0 Å². The Kier molecular flexibility index (Phi) is 3.71. The summed E-state index contributed by atoms with van der Waals surface area (Å²) < 4.78 is 5.59. The van der Waals surface area contributed by atoms with Gasteiger partial charge in [-0.25, -0.2) is 9.78 Å². The molecule has 0 amide bonds. The highest BCUT2D eigenvalue weighted by molar-refractivity contribution is 6.30. The summed E-state index contributed by atoms with van der Waals surface area (Å²) in [4.78, 5) is 15.2. The van der Waals surface area contributed by atoms with Crippen molar-refractivity contribution >= 4 is 17.6 Å². The number of hydrogen-bond acceptors (Lipinski definition) is 3. The Balaban J connectivity index is 2.42. The third-order valence-corrected chi connectivity index (χ3v) is 2.81. The van der Waals surface area contributed by atoms with E-state index in [2.05, 4.69) is 4.98 Å². The first-order valence-electron chi connectivity index (χ1n) is 5.62. The first-order chi connectivity index (χ1) is 8.97. The van der Waals surface area contributed by atoms with Crippen molar-refractivity contribution < 1.29 is 14.6 Å². The van der Waals surface area contributed by atoms with Crippen molar-refractivity contribution in [1.82, 2.24) is 4.98 Å². The van der Waals surface area contributed by atoms with E-state index in [1.54, 1.807) is 31.2 Å². The average Bonchev–Trinajstić information content (AvgIpc) is 2.32. The molecule has 0 aliphatic rings. The molecule has 98 valence electrons. The van der Waals surface area contributed by atoms with Gasteiger partial charge in [-0.2, -0.15) is 0 Å². The standard InChI is InChI=1S/C14H12ClNO3/c1-8-7-10(15)4-6-12(8)19-13-11(14(17)18)5-3-9(2)16-13/h3-7H,1-2H3,(H,17,18). The predicted molar refractivity (Wildman–Crippen MR) is 72.2 cm³/mol. The van der Waals surface area contributed by atoms with Crippen molar-refractivity contribution in [1.29, 1.82) is 0 Å². The van der Waals surface area contributed by atoms with E-state index in [1.165, 1.54) is 6.07 Å². The number of halogens is 1. The number of benzene rings is 1. The summed E-state index contributed by atoms with van der Waals surface area (Å²) in [6, 6.07) is 8.22. The van der Waals surface area contributed by atoms with Gasteiger partial charge in [0.1, 0.15) is 11.3 Å². The first-order valence-corrected chi connectivity index (χ1v) is 6.00. The third-order valence-electron chi connectivity index (χ3n) is 2.57. The van der Waals surface area contributed by atoms with E-state index in [9.17, 15) is 4.79 Å². The largest absolute Gasteiger partial charge is 0.477 e. The minimum atomic E-state index is -1.07. The van der Waals surface area contributed by atoms with Crippen LogP contribution in [0.25, 0.3) is 0 Å². The molecule has 0 unspecified atom stereocenters. The summed E-state index contributed by atoms with van der Waals surface area (Å²) in [5, 5.41) is 9.70. The van der Waals surface area contributed by atoms with Crippen molar-refractivity contribution in [2.45, 2.75) is 13.8 Å². The SMILES string of the molecule is Cc1ccc(C(=O)O)c(Oc2ccc(Cl)cc2C)n1. The predicted octanol–water partition coefficient (Wildman–Crippen LogP) is 3.84. The number of carboxylic acid groups (broad SMARTS) is 1. The van der Waals surface area contributed by atoms with E-state index in [-0.39, 0.29) is 11.4 Å². The van der Waals surface area contributed by atoms with Gasteiger partial charge in [-0.3, -0.25) is 0 Å². The van der Waals surface area contributed by atoms with Crippen LogP contribution in [0.15, 0.2) is 30.3 Å². The number of aromatic nitrogens is 1. The third kappa shape index (κ3) is 3.03. The maximum absolute atomic E-state index is 11.1. The van der Waals surface area contributed by atoms with E-state index in [4.69, 9.17) is 21.4 Å². The zero-order valence-electron chi connectivity index (χ0n) is 10.5. The summed E-state index contributed by atoms with van der Waals surface area (Å²) in [5.74, 6) is -0.461. The average molecular weight is 278 g/mol. The quantitative estimate of drug-likeness (QED) is 0.926. The molecule has 1 aromatic heterocycles. The summed E-state index contributed by atoms with van der Waals surface area (Å²) in [7, 11) is 0. The molecule has 0 saturated heterocycles. The van der Waals surface area contributed by atoms with Crippen LogP contribution in [0.3, 0.4) is 0 Å². The van der Waals surface area contributed by atoms with Crippen LogP contribution in [-0.2, 0) is 0 Å². The Morgan fingerprint density at radius 1 is 1.26 bits per heavy atom. The van der Waals surface area contributed by atoms with E-state index >= 15 is 0 Å². The Hall–Kier alpha value is -2.07. The molecular weight excluding hydrogens is 266 g/mol. The molecule has 1 heterocycles. The highest BCUT2D eigenvalue weighted by Crippen LogP contribution is 2.28. The lowest BCUT2D eigenvalue weighted by atomic mass is 10.2. The lowest BCUT2D eigenvalue weighted by Gasteiger charge is -2.10. The Morgan fingerprint density at radius 3 is 2.63 bits per heavy atom. The van der Waals surface area contributed by atoms with Gasteiger partial charge in [0.25, 0.3) is 0 Å². The fourth-order valence-electron chi connectivity index (χ4n) is 1.60. The number of aromatic carboxylic acids is 1. The van der Waals surface area contributed by atoms with Crippen LogP contribution in [-0.4, -0.2) is 16.1 Å². The molecule has 0 spiro atoms. The van der Waals surface area contributed by atoms with Crippen molar-refractivity contribution in [3.8, 4) is 11.6 Å². The van der Waals surface area contributed by atoms with E-state index in [1.807, 2.05) is 6.92 Å². The molecule has 4 nitrogen and oxygen atoms in total. The zero-order chi connectivity index (χ0) is 14.0. The van der Waals surface area contributed by atoms with Crippen LogP contribution >= 0.6 is 11.6 Å². The number of nitrogens with zero attached hydrogens (tertiary/aromatic N) is 1. The lowest BCUT2D eigenvalue weighted by Crippen LogP contribution is -2.03. The van der Waals surface area contributed by atoms with E-state index in [0.717, 1.165) is 5.56 Å². The minimum Gasteiger partial charge on any atom is -0.477 e. The summed E-state index contributed by atoms with van der Waals surface area (Å²) in [6.45, 7) is 3.60. The molecule has 0 radical (unpaired) electrons. The Bertz CT molecular complexity index is 641. The lowest BCUT2D eigenvalue weighted by molar-refractivity contribution is 0.0693. The monoisotopic (exact) mass is 277 g/mol. The number of carbonyl (C=O) groups is 1. The molecule has 1 N–H and O–H groups in total. The van der Waals surface area contributed by atoms with Gasteiger partial charge in [0, 0.05) is 10.7 Å². The van der Waals surface area contributed by atoms with Gasteiger partial charge < -0.3 is 9.84 Å². The van der Waals surface area contributed by atoms with Crippen molar-refractivity contribution in [2.24, 2.45) is 0 Å². The second-order valence-corrected chi connectivity index (χ2v) is 4.56. The Labute approximate surface area is 115 Å². The normalized spacial score (nSPS) is 10.3. The number of carboxylic acids is 1. The fraction of sp³-hybridized carbons (Fsp3) is 0.143. The fourth-order valence-corrected chi connectivity index (χ4v) is 1.83. The molecule has 0 atom stereocenters. The van der Waals surface area contributed by atoms with Crippen LogP contribution in [0, 0.1) is 13.8 Å². The van der Waals surface area contributed by atoms with Gasteiger partial charge in [0.2, 0.25) is 5.88 Å². The van der Waals surface area contributed by atoms with Crippen molar-refractivity contribution in [3.05, 3.63) is 52.2 Å². The highest BCUT2D eigenvalue weighted by Gasteiger charge is 2.14. The van der Waals surface area contributed by atoms with Crippen molar-refractivity contribution in [3.63, 3.8) is 0 Å². The number of hydrogen-bond donors (Lipinski definition) is 1. The molecule has 0 aliphatic carbocycles. The summed E-state index contributed by atoms with van der Waals surface area (Å²) >= 11 is 5.86. The Morgan fingerprint density at radius 2 is 2.00 bits per heavy atom. The molecule has 0 saturated carbocycles. The van der Waals surface area contributed by atoms with Gasteiger partial charge in [0.15, 0.2) is 0 Å². The van der Waals surface area contributed by atoms with Gasteiger partial charge in [-0.05, 0) is 49.7 Å². The highest BCUT2D eigenvalue weighted by atomic mass is 35.5. The molecular formula is C14H12ClNO3. The first kappa shape index (κ1) is 13.4. The van der Waals surface area contributed by atoms with Crippen LogP contribution < -0.4 is 4.74 Å². The van der Waals surface area contributed by atoms with Crippen LogP contribution in [0.5, 0.6) is 11.6 Å². The van der Waals surface area contributed by atoms with Gasteiger partial charge >= 0.3 is 5.97 Å². The van der Waals surface area contributed by atoms with E-state index < -0.39 is 5.97 Å². The van der Waals surface area contributed by atoms with Crippen LogP contribution in [0.2, 0.25) is 5.02 Å². The number of ether oxygens (including phenoxy) is 1. The molecule has 0 bridgehead atoms. The van der Waals surface area contributed by atoms with Gasteiger partial charge in [-0.1, -0.05) is 11.6 Å². The van der Waals surface area contributed by atoms with Crippen LogP contribution in [0.1, 0.15) is 21.6 Å². The zero-order valence-corrected chi connectivity index (χ0v) is 11.2. The molecule has 2 aromatic rings. The summed E-state index contributed by atoms with van der Waals surface area (Å²) in [6.07, 6.45) is 0. The van der Waals surface area contributed by atoms with Gasteiger partial charge in [0.05, 0.1) is 0 Å². The summed E-state index contributed by atoms with van der Waals surface area (Å²) in [5.41, 5.74) is 1.53. The second kappa shape index (κ2) is 5.28. The maximum Gasteiger partial charge on any atom is 0.341 e. The second-order valence-electron chi connectivity index (χ2n) is 4.12. The molecule has 19 heavy (non-hydrogen) atoms. The molecule has 0 aliphatic heterocycles. The van der Waals surface area contributed by atoms with E-state index in [0.29, 0.717) is 16.5 Å². The minimum absolute atomic E-state index is 0.0277. The van der Waals surface area contributed by atoms with Crippen molar-refractivity contribution in [2.75, 3.05) is 0 Å². The van der Waals surface area contributed by atoms with Gasteiger partial charge in [-0.15, -0.1) is 0 Å². The number of pyridine rings is 1. The molecule has 1 aromatic carbocycles. The number of aryl methyl sites for hydroxylation is 2. The number of rotatable bonds is 3.